The van der Waals surface area contributed by atoms with Gasteiger partial charge in [-0.05, 0) is 32.8 Å². The van der Waals surface area contributed by atoms with Crippen LogP contribution in [0.15, 0.2) is 24.3 Å². The average molecular weight is 266 g/mol. The Kier molecular flexibility index (Phi) is 7.48. The molecule has 1 atom stereocenters. The van der Waals surface area contributed by atoms with Crippen LogP contribution in [0, 0.1) is 0 Å². The molecule has 0 aliphatic carbocycles. The number of rotatable bonds is 9. The largest absolute Gasteiger partial charge is 0.491 e. The highest BCUT2D eigenvalue weighted by Gasteiger charge is 2.15. The van der Waals surface area contributed by atoms with E-state index in [9.17, 15) is 0 Å². The second kappa shape index (κ2) is 8.91. The first-order valence-corrected chi connectivity index (χ1v) is 6.98. The molecule has 0 bridgehead atoms. The maximum absolute atomic E-state index is 5.82. The molecule has 1 unspecified atom stereocenters. The molecule has 0 aliphatic rings. The smallest absolute Gasteiger partial charge is 0.124 e. The van der Waals surface area contributed by atoms with E-state index in [0.717, 1.165) is 30.8 Å². The lowest BCUT2D eigenvalue weighted by Crippen LogP contribution is -2.29. The van der Waals surface area contributed by atoms with Crippen LogP contribution in [0.5, 0.6) is 5.75 Å². The van der Waals surface area contributed by atoms with Crippen molar-refractivity contribution in [2.24, 2.45) is 5.84 Å². The SMILES string of the molecule is CCCOCCC(NN)c1ccccc1OC(C)C. The number of benzene rings is 1. The van der Waals surface area contributed by atoms with Gasteiger partial charge in [0.15, 0.2) is 0 Å². The summed E-state index contributed by atoms with van der Waals surface area (Å²) >= 11 is 0. The van der Waals surface area contributed by atoms with Gasteiger partial charge >= 0.3 is 0 Å². The molecule has 0 radical (unpaired) electrons. The molecule has 1 rings (SSSR count). The lowest BCUT2D eigenvalue weighted by Gasteiger charge is -2.21. The molecule has 1 aromatic carbocycles. The summed E-state index contributed by atoms with van der Waals surface area (Å²) < 4.78 is 11.3. The molecule has 1 aromatic rings. The predicted octanol–water partition coefficient (Wildman–Crippen LogP) is 2.79. The van der Waals surface area contributed by atoms with Gasteiger partial charge in [0.25, 0.3) is 0 Å². The number of nitrogens with two attached hydrogens (primary N) is 1. The van der Waals surface area contributed by atoms with E-state index in [4.69, 9.17) is 15.3 Å². The topological polar surface area (TPSA) is 56.5 Å². The highest BCUT2D eigenvalue weighted by Crippen LogP contribution is 2.27. The quantitative estimate of drug-likeness (QED) is 0.410. The summed E-state index contributed by atoms with van der Waals surface area (Å²) in [5.74, 6) is 6.54. The third-order valence-corrected chi connectivity index (χ3v) is 2.76. The first-order valence-electron chi connectivity index (χ1n) is 6.98. The van der Waals surface area contributed by atoms with Crippen LogP contribution in [0.1, 0.15) is 45.2 Å². The molecule has 0 amide bonds. The molecule has 0 fully saturated rings. The molecule has 0 spiro atoms. The van der Waals surface area contributed by atoms with Crippen LogP contribution in [-0.2, 0) is 4.74 Å². The monoisotopic (exact) mass is 266 g/mol. The third-order valence-electron chi connectivity index (χ3n) is 2.76. The highest BCUT2D eigenvalue weighted by atomic mass is 16.5. The van der Waals surface area contributed by atoms with Gasteiger partial charge in [0.05, 0.1) is 12.1 Å². The molecule has 0 heterocycles. The van der Waals surface area contributed by atoms with E-state index in [2.05, 4.69) is 12.3 Å². The zero-order valence-corrected chi connectivity index (χ0v) is 12.2. The van der Waals surface area contributed by atoms with Crippen molar-refractivity contribution >= 4 is 0 Å². The highest BCUT2D eigenvalue weighted by molar-refractivity contribution is 5.36. The fourth-order valence-corrected chi connectivity index (χ4v) is 1.91. The van der Waals surface area contributed by atoms with Crippen LogP contribution in [0.3, 0.4) is 0 Å². The van der Waals surface area contributed by atoms with E-state index >= 15 is 0 Å². The van der Waals surface area contributed by atoms with Crippen molar-refractivity contribution in [1.29, 1.82) is 0 Å². The van der Waals surface area contributed by atoms with Crippen LogP contribution >= 0.6 is 0 Å². The van der Waals surface area contributed by atoms with Gasteiger partial charge in [0.2, 0.25) is 0 Å². The Labute approximate surface area is 116 Å². The molecular formula is C15H26N2O2. The summed E-state index contributed by atoms with van der Waals surface area (Å²) in [7, 11) is 0. The maximum Gasteiger partial charge on any atom is 0.124 e. The summed E-state index contributed by atoms with van der Waals surface area (Å²) in [6, 6.07) is 8.04. The Morgan fingerprint density at radius 1 is 1.21 bits per heavy atom. The number of hydrazine groups is 1. The van der Waals surface area contributed by atoms with Crippen molar-refractivity contribution in [2.45, 2.75) is 45.8 Å². The van der Waals surface area contributed by atoms with Crippen molar-refractivity contribution < 1.29 is 9.47 Å². The fourth-order valence-electron chi connectivity index (χ4n) is 1.91. The summed E-state index contributed by atoms with van der Waals surface area (Å²) in [5.41, 5.74) is 3.93. The summed E-state index contributed by atoms with van der Waals surface area (Å²) in [5, 5.41) is 0. The lowest BCUT2D eigenvalue weighted by molar-refractivity contribution is 0.124. The zero-order valence-electron chi connectivity index (χ0n) is 12.2. The van der Waals surface area contributed by atoms with Crippen molar-refractivity contribution in [2.75, 3.05) is 13.2 Å². The minimum Gasteiger partial charge on any atom is -0.491 e. The molecule has 0 saturated carbocycles. The normalized spacial score (nSPS) is 12.7. The van der Waals surface area contributed by atoms with E-state index in [1.165, 1.54) is 0 Å². The molecule has 108 valence electrons. The van der Waals surface area contributed by atoms with Crippen molar-refractivity contribution in [3.63, 3.8) is 0 Å². The molecule has 19 heavy (non-hydrogen) atoms. The summed E-state index contributed by atoms with van der Waals surface area (Å²) in [4.78, 5) is 0. The minimum absolute atomic E-state index is 0.0480. The zero-order chi connectivity index (χ0) is 14.1. The summed E-state index contributed by atoms with van der Waals surface area (Å²) in [6.45, 7) is 7.63. The van der Waals surface area contributed by atoms with Gasteiger partial charge in [-0.25, -0.2) is 0 Å². The van der Waals surface area contributed by atoms with Gasteiger partial charge in [0, 0.05) is 18.8 Å². The molecule has 0 aromatic heterocycles. The maximum atomic E-state index is 5.82. The molecule has 4 heteroatoms. The van der Waals surface area contributed by atoms with E-state index < -0.39 is 0 Å². The van der Waals surface area contributed by atoms with Crippen molar-refractivity contribution in [1.82, 2.24) is 5.43 Å². The minimum atomic E-state index is 0.0480. The lowest BCUT2D eigenvalue weighted by atomic mass is 10.0. The Balaban J connectivity index is 2.68. The molecule has 4 nitrogen and oxygen atoms in total. The molecule has 3 N–H and O–H groups in total. The third kappa shape index (κ3) is 5.59. The number of para-hydroxylation sites is 1. The Bertz CT molecular complexity index is 356. The van der Waals surface area contributed by atoms with Gasteiger partial charge in [0.1, 0.15) is 5.75 Å². The summed E-state index contributed by atoms with van der Waals surface area (Å²) in [6.07, 6.45) is 2.01. The van der Waals surface area contributed by atoms with Gasteiger partial charge < -0.3 is 9.47 Å². The van der Waals surface area contributed by atoms with E-state index in [1.807, 2.05) is 38.1 Å². The number of nitrogens with one attached hydrogen (secondary N) is 1. The van der Waals surface area contributed by atoms with Crippen molar-refractivity contribution in [3.8, 4) is 5.75 Å². The number of hydrogen-bond donors (Lipinski definition) is 2. The van der Waals surface area contributed by atoms with Crippen LogP contribution in [0.25, 0.3) is 0 Å². The van der Waals surface area contributed by atoms with Crippen molar-refractivity contribution in [3.05, 3.63) is 29.8 Å². The molecule has 0 aliphatic heterocycles. The average Bonchev–Trinajstić information content (AvgIpc) is 2.39. The van der Waals surface area contributed by atoms with Crippen LogP contribution in [-0.4, -0.2) is 19.3 Å². The second-order valence-corrected chi connectivity index (χ2v) is 4.82. The molecule has 0 saturated heterocycles. The molecular weight excluding hydrogens is 240 g/mol. The number of ether oxygens (including phenoxy) is 2. The van der Waals surface area contributed by atoms with E-state index in [1.54, 1.807) is 0 Å². The predicted molar refractivity (Wildman–Crippen MR) is 78.0 cm³/mol. The van der Waals surface area contributed by atoms with Gasteiger partial charge in [-0.1, -0.05) is 25.1 Å². The Hall–Kier alpha value is -1.10. The standard InChI is InChI=1S/C15H26N2O2/c1-4-10-18-11-9-14(17-16)13-7-5-6-8-15(13)19-12(2)3/h5-8,12,14,17H,4,9-11,16H2,1-3H3. The fraction of sp³-hybridized carbons (Fsp3) is 0.600. The first-order chi connectivity index (χ1) is 9.19. The van der Waals surface area contributed by atoms with Gasteiger partial charge in [-0.2, -0.15) is 0 Å². The Morgan fingerprint density at radius 2 is 1.95 bits per heavy atom. The Morgan fingerprint density at radius 3 is 2.58 bits per heavy atom. The van der Waals surface area contributed by atoms with E-state index in [-0.39, 0.29) is 12.1 Å². The van der Waals surface area contributed by atoms with E-state index in [0.29, 0.717) is 6.61 Å². The van der Waals surface area contributed by atoms with Crippen LogP contribution in [0.2, 0.25) is 0 Å². The number of hydrogen-bond acceptors (Lipinski definition) is 4. The van der Waals surface area contributed by atoms with Crippen LogP contribution in [0.4, 0.5) is 0 Å². The van der Waals surface area contributed by atoms with Gasteiger partial charge in [-0.15, -0.1) is 0 Å². The van der Waals surface area contributed by atoms with Crippen LogP contribution < -0.4 is 16.0 Å². The second-order valence-electron chi connectivity index (χ2n) is 4.82. The first kappa shape index (κ1) is 16.0. The van der Waals surface area contributed by atoms with Gasteiger partial charge in [-0.3, -0.25) is 11.3 Å².